The number of fused-ring (bicyclic) bond motifs is 1. The summed E-state index contributed by atoms with van der Waals surface area (Å²) >= 11 is 3.12. The molecule has 18 heavy (non-hydrogen) atoms. The first-order valence-electron chi connectivity index (χ1n) is 5.04. The van der Waals surface area contributed by atoms with Crippen LogP contribution >= 0.6 is 15.9 Å². The number of aromatic hydroxyl groups is 1. The van der Waals surface area contributed by atoms with Crippen molar-refractivity contribution in [2.75, 3.05) is 0 Å². The number of nitrogens with zero attached hydrogens (tertiary/aromatic N) is 2. The summed E-state index contributed by atoms with van der Waals surface area (Å²) in [6.45, 7) is 0. The highest BCUT2D eigenvalue weighted by molar-refractivity contribution is 9.10. The van der Waals surface area contributed by atoms with E-state index in [9.17, 15) is 14.3 Å². The van der Waals surface area contributed by atoms with Crippen LogP contribution in [0, 0.1) is 5.82 Å². The lowest BCUT2D eigenvalue weighted by atomic mass is 10.2. The summed E-state index contributed by atoms with van der Waals surface area (Å²) in [6, 6.07) is 2.39. The van der Waals surface area contributed by atoms with Crippen molar-refractivity contribution in [2.45, 2.75) is 12.8 Å². The maximum absolute atomic E-state index is 13.2. The van der Waals surface area contributed by atoms with Crippen molar-refractivity contribution >= 4 is 32.9 Å². The van der Waals surface area contributed by atoms with Gasteiger partial charge in [0.25, 0.3) is 0 Å². The Balaban J connectivity index is 2.50. The van der Waals surface area contributed by atoms with Gasteiger partial charge >= 0.3 is 5.97 Å². The monoisotopic (exact) mass is 314 g/mol. The summed E-state index contributed by atoms with van der Waals surface area (Å²) in [5.41, 5.74) is 0.732. The van der Waals surface area contributed by atoms with Crippen molar-refractivity contribution in [1.82, 2.24) is 9.97 Å². The Hall–Kier alpha value is -1.76. The fourth-order valence-corrected chi connectivity index (χ4v) is 2.02. The van der Waals surface area contributed by atoms with Crippen LogP contribution in [0.2, 0.25) is 0 Å². The molecular weight excluding hydrogens is 307 g/mol. The predicted octanol–water partition coefficient (Wildman–Crippen LogP) is 2.25. The number of carboxylic acid groups (broad SMARTS) is 1. The molecule has 0 bridgehead atoms. The van der Waals surface area contributed by atoms with E-state index in [-0.39, 0.29) is 29.9 Å². The maximum atomic E-state index is 13.2. The lowest BCUT2D eigenvalue weighted by Gasteiger charge is -2.05. The van der Waals surface area contributed by atoms with Gasteiger partial charge in [0, 0.05) is 17.0 Å². The molecule has 0 saturated heterocycles. The second-order valence-corrected chi connectivity index (χ2v) is 4.50. The van der Waals surface area contributed by atoms with E-state index in [1.54, 1.807) is 0 Å². The van der Waals surface area contributed by atoms with E-state index in [2.05, 4.69) is 25.9 Å². The first kappa shape index (κ1) is 12.7. The van der Waals surface area contributed by atoms with E-state index in [1.807, 2.05) is 0 Å². The molecule has 0 aliphatic heterocycles. The molecule has 2 rings (SSSR count). The number of carboxylic acids is 1. The Bertz CT molecular complexity index is 633. The second-order valence-electron chi connectivity index (χ2n) is 3.64. The van der Waals surface area contributed by atoms with Crippen molar-refractivity contribution in [3.63, 3.8) is 0 Å². The summed E-state index contributed by atoms with van der Waals surface area (Å²) in [4.78, 5) is 18.4. The van der Waals surface area contributed by atoms with Crippen LogP contribution in [0.4, 0.5) is 4.39 Å². The highest BCUT2D eigenvalue weighted by atomic mass is 79.9. The molecule has 0 radical (unpaired) electrons. The minimum Gasteiger partial charge on any atom is -0.492 e. The van der Waals surface area contributed by atoms with Gasteiger partial charge in [0.05, 0.1) is 11.9 Å². The highest BCUT2D eigenvalue weighted by Gasteiger charge is 2.12. The second kappa shape index (κ2) is 4.85. The Morgan fingerprint density at radius 1 is 1.39 bits per heavy atom. The van der Waals surface area contributed by atoms with Gasteiger partial charge in [-0.15, -0.1) is 0 Å². The predicted molar refractivity (Wildman–Crippen MR) is 64.8 cm³/mol. The molecule has 0 spiro atoms. The number of aromatic nitrogens is 2. The molecule has 1 aromatic heterocycles. The van der Waals surface area contributed by atoms with E-state index in [4.69, 9.17) is 5.11 Å². The lowest BCUT2D eigenvalue weighted by molar-refractivity contribution is -0.136. The first-order chi connectivity index (χ1) is 8.47. The summed E-state index contributed by atoms with van der Waals surface area (Å²) in [7, 11) is 0. The molecule has 0 aliphatic carbocycles. The highest BCUT2D eigenvalue weighted by Crippen LogP contribution is 2.26. The molecule has 1 aromatic carbocycles. The normalized spacial score (nSPS) is 10.8. The third-order valence-corrected chi connectivity index (χ3v) is 2.92. The van der Waals surface area contributed by atoms with Gasteiger partial charge in [0.15, 0.2) is 0 Å². The van der Waals surface area contributed by atoms with Crippen LogP contribution in [-0.2, 0) is 11.2 Å². The zero-order valence-corrected chi connectivity index (χ0v) is 10.6. The molecule has 5 nitrogen and oxygen atoms in total. The lowest BCUT2D eigenvalue weighted by Crippen LogP contribution is -2.01. The Kier molecular flexibility index (Phi) is 3.42. The summed E-state index contributed by atoms with van der Waals surface area (Å²) in [6.07, 6.45) is -0.136. The number of aliphatic carboxylic acids is 1. The third kappa shape index (κ3) is 2.56. The third-order valence-electron chi connectivity index (χ3n) is 2.31. The number of aryl methyl sites for hydroxylation is 1. The van der Waals surface area contributed by atoms with Gasteiger partial charge in [0.1, 0.15) is 17.0 Å². The number of halogens is 2. The molecule has 0 unspecified atom stereocenters. The summed E-state index contributed by atoms with van der Waals surface area (Å²) < 4.78 is 13.6. The van der Waals surface area contributed by atoms with E-state index in [0.717, 1.165) is 0 Å². The van der Waals surface area contributed by atoms with Crippen molar-refractivity contribution in [3.8, 4) is 5.88 Å². The number of benzene rings is 1. The Morgan fingerprint density at radius 3 is 2.78 bits per heavy atom. The maximum Gasteiger partial charge on any atom is 0.303 e. The number of rotatable bonds is 3. The zero-order valence-electron chi connectivity index (χ0n) is 9.02. The van der Waals surface area contributed by atoms with Crippen LogP contribution in [-0.4, -0.2) is 26.2 Å². The average Bonchev–Trinajstić information content (AvgIpc) is 2.27. The topological polar surface area (TPSA) is 83.3 Å². The van der Waals surface area contributed by atoms with Crippen LogP contribution in [0.15, 0.2) is 16.6 Å². The van der Waals surface area contributed by atoms with Crippen molar-refractivity contribution in [2.24, 2.45) is 0 Å². The molecule has 0 amide bonds. The van der Waals surface area contributed by atoms with Gasteiger partial charge < -0.3 is 10.2 Å². The SMILES string of the molecule is O=C(O)CCc1nc2cc(F)cc(Br)c2nc1O. The van der Waals surface area contributed by atoms with Crippen molar-refractivity contribution in [1.29, 1.82) is 0 Å². The van der Waals surface area contributed by atoms with Gasteiger partial charge in [-0.25, -0.2) is 14.4 Å². The standard InChI is InChI=1S/C11H8BrFN2O3/c12-6-3-5(13)4-8-10(6)15-11(18)7(14-8)1-2-9(16)17/h3-4H,1-2H2,(H,15,18)(H,16,17). The van der Waals surface area contributed by atoms with Crippen molar-refractivity contribution in [3.05, 3.63) is 28.1 Å². The largest absolute Gasteiger partial charge is 0.492 e. The van der Waals surface area contributed by atoms with Crippen LogP contribution in [0.25, 0.3) is 11.0 Å². The summed E-state index contributed by atoms with van der Waals surface area (Å²) in [5.74, 6) is -1.83. The number of carbonyl (C=O) groups is 1. The van der Waals surface area contributed by atoms with Gasteiger partial charge in [-0.05, 0) is 22.0 Å². The first-order valence-corrected chi connectivity index (χ1v) is 5.83. The van der Waals surface area contributed by atoms with Crippen LogP contribution in [0.5, 0.6) is 5.88 Å². The van der Waals surface area contributed by atoms with E-state index in [0.29, 0.717) is 9.99 Å². The molecule has 0 saturated carbocycles. The number of hydrogen-bond donors (Lipinski definition) is 2. The van der Waals surface area contributed by atoms with Gasteiger partial charge in [-0.1, -0.05) is 0 Å². The fraction of sp³-hybridized carbons (Fsp3) is 0.182. The van der Waals surface area contributed by atoms with Crippen LogP contribution in [0.1, 0.15) is 12.1 Å². The van der Waals surface area contributed by atoms with Crippen LogP contribution < -0.4 is 0 Å². The minimum atomic E-state index is -1.00. The van der Waals surface area contributed by atoms with Crippen LogP contribution in [0.3, 0.4) is 0 Å². The molecule has 1 heterocycles. The molecular formula is C11H8BrFN2O3. The number of hydrogen-bond acceptors (Lipinski definition) is 4. The van der Waals surface area contributed by atoms with Gasteiger partial charge in [-0.2, -0.15) is 0 Å². The molecule has 0 atom stereocenters. The molecule has 7 heteroatoms. The molecule has 0 aliphatic rings. The average molecular weight is 315 g/mol. The Morgan fingerprint density at radius 2 is 2.11 bits per heavy atom. The Labute approximate surface area is 109 Å². The quantitative estimate of drug-likeness (QED) is 0.908. The van der Waals surface area contributed by atoms with E-state index in [1.165, 1.54) is 12.1 Å². The summed E-state index contributed by atoms with van der Waals surface area (Å²) in [5, 5.41) is 18.2. The molecule has 2 aromatic rings. The minimum absolute atomic E-state index is 0.0399. The zero-order chi connectivity index (χ0) is 13.3. The van der Waals surface area contributed by atoms with Crippen molar-refractivity contribution < 1.29 is 19.4 Å². The van der Waals surface area contributed by atoms with Gasteiger partial charge in [0.2, 0.25) is 5.88 Å². The molecule has 94 valence electrons. The van der Waals surface area contributed by atoms with E-state index < -0.39 is 11.8 Å². The molecule has 2 N–H and O–H groups in total. The van der Waals surface area contributed by atoms with E-state index >= 15 is 0 Å². The fourth-order valence-electron chi connectivity index (χ4n) is 1.51. The smallest absolute Gasteiger partial charge is 0.303 e. The van der Waals surface area contributed by atoms with Gasteiger partial charge in [-0.3, -0.25) is 4.79 Å². The molecule has 0 fully saturated rings.